The van der Waals surface area contributed by atoms with Gasteiger partial charge in [-0.2, -0.15) is 0 Å². The molecule has 2 aromatic carbocycles. The summed E-state index contributed by atoms with van der Waals surface area (Å²) >= 11 is 6.57. The van der Waals surface area contributed by atoms with E-state index in [1.165, 1.54) is 0 Å². The van der Waals surface area contributed by atoms with E-state index in [2.05, 4.69) is 31.9 Å². The van der Waals surface area contributed by atoms with Crippen LogP contribution in [0.3, 0.4) is 0 Å². The lowest BCUT2D eigenvalue weighted by Crippen LogP contribution is -2.41. The predicted octanol–water partition coefficient (Wildman–Crippen LogP) is 3.97. The van der Waals surface area contributed by atoms with Gasteiger partial charge < -0.3 is 9.84 Å². The summed E-state index contributed by atoms with van der Waals surface area (Å²) in [5.74, 6) is -0.535. The summed E-state index contributed by atoms with van der Waals surface area (Å²) in [6.07, 6.45) is -1.79. The number of benzene rings is 2. The molecule has 1 aliphatic rings. The zero-order valence-corrected chi connectivity index (χ0v) is 16.2. The lowest BCUT2D eigenvalue weighted by molar-refractivity contribution is -0.130. The highest BCUT2D eigenvalue weighted by molar-refractivity contribution is 9.10. The Labute approximate surface area is 161 Å². The van der Waals surface area contributed by atoms with Gasteiger partial charge in [-0.25, -0.2) is 9.69 Å². The predicted molar refractivity (Wildman–Crippen MR) is 99.2 cm³/mol. The molecule has 0 bridgehead atoms. The third-order valence-electron chi connectivity index (χ3n) is 4.02. The molecule has 2 aromatic rings. The number of halogens is 2. The van der Waals surface area contributed by atoms with Crippen LogP contribution in [0.4, 0.5) is 4.79 Å². The summed E-state index contributed by atoms with van der Waals surface area (Å²) in [6.45, 7) is 0.0999. The van der Waals surface area contributed by atoms with Crippen LogP contribution in [-0.4, -0.2) is 33.4 Å². The van der Waals surface area contributed by atoms with Crippen molar-refractivity contribution >= 4 is 43.9 Å². The maximum Gasteiger partial charge on any atom is 0.417 e. The van der Waals surface area contributed by atoms with Gasteiger partial charge in [0, 0.05) is 4.47 Å². The largest absolute Gasteiger partial charge is 0.446 e. The Morgan fingerprint density at radius 1 is 1.16 bits per heavy atom. The van der Waals surface area contributed by atoms with Crippen molar-refractivity contribution in [1.82, 2.24) is 4.90 Å². The summed E-state index contributed by atoms with van der Waals surface area (Å²) in [4.78, 5) is 25.0. The minimum Gasteiger partial charge on any atom is -0.446 e. The van der Waals surface area contributed by atoms with Crippen molar-refractivity contribution in [2.24, 2.45) is 0 Å². The third kappa shape index (κ3) is 3.78. The molecular weight excluding hydrogens is 454 g/mol. The Kier molecular flexibility index (Phi) is 5.56. The van der Waals surface area contributed by atoms with Gasteiger partial charge in [0.1, 0.15) is 23.6 Å². The lowest BCUT2D eigenvalue weighted by Gasteiger charge is -2.25. The first-order valence-corrected chi connectivity index (χ1v) is 9.32. The second-order valence-corrected chi connectivity index (χ2v) is 7.51. The Hall–Kier alpha value is -1.70. The average Bonchev–Trinajstić information content (AvgIpc) is 3.02. The van der Waals surface area contributed by atoms with Gasteiger partial charge in [0.25, 0.3) is 0 Å². The molecule has 3 atom stereocenters. The Bertz CT molecular complexity index is 766. The maximum absolute atomic E-state index is 12.8. The highest BCUT2D eigenvalue weighted by atomic mass is 79.9. The monoisotopic (exact) mass is 467 g/mol. The van der Waals surface area contributed by atoms with Gasteiger partial charge in [-0.05, 0) is 23.3 Å². The van der Waals surface area contributed by atoms with Crippen LogP contribution in [0, 0.1) is 0 Å². The number of aliphatic hydroxyl groups is 1. The highest BCUT2D eigenvalue weighted by Crippen LogP contribution is 2.32. The number of hydrogen-bond acceptors (Lipinski definition) is 4. The minimum atomic E-state index is -1.09. The lowest BCUT2D eigenvalue weighted by atomic mass is 10.0. The highest BCUT2D eigenvalue weighted by Gasteiger charge is 2.42. The van der Waals surface area contributed by atoms with Crippen molar-refractivity contribution in [2.75, 3.05) is 6.61 Å². The second-order valence-electron chi connectivity index (χ2n) is 5.61. The van der Waals surface area contributed by atoms with Gasteiger partial charge in [-0.15, -0.1) is 0 Å². The van der Waals surface area contributed by atoms with E-state index in [-0.39, 0.29) is 6.61 Å². The van der Waals surface area contributed by atoms with Crippen LogP contribution in [0.5, 0.6) is 0 Å². The molecule has 2 amide bonds. The van der Waals surface area contributed by atoms with Crippen molar-refractivity contribution in [3.8, 4) is 0 Å². The number of carbonyl (C=O) groups is 2. The van der Waals surface area contributed by atoms with Crippen LogP contribution >= 0.6 is 31.9 Å². The fourth-order valence-electron chi connectivity index (χ4n) is 2.68. The fraction of sp³-hybridized carbons (Fsp3) is 0.222. The molecule has 7 heteroatoms. The van der Waals surface area contributed by atoms with Gasteiger partial charge in [-0.1, -0.05) is 74.3 Å². The first-order valence-electron chi connectivity index (χ1n) is 7.61. The first-order chi connectivity index (χ1) is 12.0. The number of carbonyl (C=O) groups excluding carboxylic acids is 2. The zero-order valence-electron chi connectivity index (χ0n) is 13.0. The number of aliphatic hydroxyl groups excluding tert-OH is 1. The van der Waals surface area contributed by atoms with Crippen LogP contribution in [0.15, 0.2) is 59.1 Å². The van der Waals surface area contributed by atoms with Crippen LogP contribution in [0.1, 0.15) is 23.3 Å². The van der Waals surface area contributed by atoms with Crippen LogP contribution in [0.2, 0.25) is 0 Å². The van der Waals surface area contributed by atoms with E-state index in [9.17, 15) is 14.7 Å². The molecular formula is C18H15Br2NO4. The maximum atomic E-state index is 12.8. The van der Waals surface area contributed by atoms with E-state index < -0.39 is 29.0 Å². The number of nitrogens with zero attached hydrogens (tertiary/aromatic N) is 1. The Morgan fingerprint density at radius 3 is 2.44 bits per heavy atom. The van der Waals surface area contributed by atoms with E-state index in [0.29, 0.717) is 5.56 Å². The summed E-state index contributed by atoms with van der Waals surface area (Å²) in [5.41, 5.74) is 1.38. The van der Waals surface area contributed by atoms with Gasteiger partial charge in [0.15, 0.2) is 0 Å². The SMILES string of the molecule is O=C1OC[C@H](c2ccccc2)N1C(=O)[C@H](Br)[C@@H](O)c1ccc(Br)cc1. The van der Waals surface area contributed by atoms with Crippen molar-refractivity contribution in [3.05, 3.63) is 70.2 Å². The van der Waals surface area contributed by atoms with Crippen LogP contribution in [-0.2, 0) is 9.53 Å². The van der Waals surface area contributed by atoms with Crippen molar-refractivity contribution in [3.63, 3.8) is 0 Å². The van der Waals surface area contributed by atoms with Crippen molar-refractivity contribution < 1.29 is 19.4 Å². The molecule has 1 saturated heterocycles. The molecule has 0 radical (unpaired) electrons. The molecule has 1 N–H and O–H groups in total. The van der Waals surface area contributed by atoms with Crippen LogP contribution in [0.25, 0.3) is 0 Å². The van der Waals surface area contributed by atoms with E-state index >= 15 is 0 Å². The summed E-state index contributed by atoms with van der Waals surface area (Å²) in [7, 11) is 0. The Morgan fingerprint density at radius 2 is 1.80 bits per heavy atom. The number of alkyl halides is 1. The standard InChI is InChI=1S/C18H15Br2NO4/c19-13-8-6-12(7-9-13)16(22)15(20)17(23)21-14(10-25-18(21)24)11-4-2-1-3-5-11/h1-9,14-16,22H,10H2/t14-,15-,16+/m1/s1. The molecule has 0 saturated carbocycles. The topological polar surface area (TPSA) is 66.8 Å². The number of cyclic esters (lactones) is 1. The molecule has 3 rings (SSSR count). The summed E-state index contributed by atoms with van der Waals surface area (Å²) < 4.78 is 5.93. The van der Waals surface area contributed by atoms with E-state index in [4.69, 9.17) is 4.74 Å². The number of ether oxygens (including phenoxy) is 1. The van der Waals surface area contributed by atoms with Gasteiger partial charge in [-0.3, -0.25) is 4.79 Å². The van der Waals surface area contributed by atoms with Gasteiger partial charge in [0.05, 0.1) is 0 Å². The van der Waals surface area contributed by atoms with E-state index in [1.807, 2.05) is 30.3 Å². The van der Waals surface area contributed by atoms with E-state index in [0.717, 1.165) is 14.9 Å². The second kappa shape index (κ2) is 7.68. The van der Waals surface area contributed by atoms with Gasteiger partial charge in [0.2, 0.25) is 5.91 Å². The number of imide groups is 1. The number of rotatable bonds is 4. The number of amides is 2. The smallest absolute Gasteiger partial charge is 0.417 e. The molecule has 0 aliphatic carbocycles. The summed E-state index contributed by atoms with van der Waals surface area (Å²) in [6, 6.07) is 15.7. The fourth-order valence-corrected chi connectivity index (χ4v) is 3.47. The minimum absolute atomic E-state index is 0.0999. The average molecular weight is 469 g/mol. The molecule has 1 fully saturated rings. The molecule has 130 valence electrons. The number of hydrogen-bond donors (Lipinski definition) is 1. The molecule has 0 spiro atoms. The molecule has 5 nitrogen and oxygen atoms in total. The van der Waals surface area contributed by atoms with Crippen molar-refractivity contribution in [2.45, 2.75) is 17.0 Å². The van der Waals surface area contributed by atoms with Crippen molar-refractivity contribution in [1.29, 1.82) is 0 Å². The van der Waals surface area contributed by atoms with E-state index in [1.54, 1.807) is 24.3 Å². The third-order valence-corrected chi connectivity index (χ3v) is 5.44. The molecule has 1 aliphatic heterocycles. The van der Waals surface area contributed by atoms with Gasteiger partial charge >= 0.3 is 6.09 Å². The Balaban J connectivity index is 1.82. The zero-order chi connectivity index (χ0) is 18.0. The molecule has 0 aromatic heterocycles. The molecule has 25 heavy (non-hydrogen) atoms. The molecule has 1 heterocycles. The normalized spacial score (nSPS) is 19.4. The van der Waals surface area contributed by atoms with Crippen LogP contribution < -0.4 is 0 Å². The quantitative estimate of drug-likeness (QED) is 0.689. The summed E-state index contributed by atoms with van der Waals surface area (Å²) in [5, 5.41) is 10.5. The molecule has 0 unspecified atom stereocenters. The first kappa shape index (κ1) is 18.1.